The lowest BCUT2D eigenvalue weighted by atomic mass is 9.94. The van der Waals surface area contributed by atoms with Crippen LogP contribution in [0.4, 0.5) is 0 Å². The lowest BCUT2D eigenvalue weighted by Crippen LogP contribution is -2.38. The standard InChI is InChI=1S/C29H32N2O5/c1-17(2)25-29(34-5)30-23(28(31-25)33-4)15-20-10-11-21(27-26(20)35-12-13-36-27)22-14-18-8-6-7-9-19(18)16-24(22)32-3/h6-11,14,16-17,23,25H,12-13,15H2,1-5H3/t23-,25+/m0/s1. The summed E-state index contributed by atoms with van der Waals surface area (Å²) in [6.45, 7) is 5.15. The maximum Gasteiger partial charge on any atom is 0.209 e. The normalized spacial score (nSPS) is 19.1. The summed E-state index contributed by atoms with van der Waals surface area (Å²) in [5.41, 5.74) is 2.87. The van der Waals surface area contributed by atoms with Crippen LogP contribution in [0.3, 0.4) is 0 Å². The van der Waals surface area contributed by atoms with Crippen molar-refractivity contribution in [3.05, 3.63) is 54.1 Å². The smallest absolute Gasteiger partial charge is 0.209 e. The molecule has 5 rings (SSSR count). The second-order valence-corrected chi connectivity index (χ2v) is 9.28. The van der Waals surface area contributed by atoms with Gasteiger partial charge < -0.3 is 23.7 Å². The molecule has 36 heavy (non-hydrogen) atoms. The van der Waals surface area contributed by atoms with E-state index in [9.17, 15) is 0 Å². The molecule has 7 heteroatoms. The molecule has 0 aliphatic carbocycles. The zero-order valence-corrected chi connectivity index (χ0v) is 21.4. The minimum Gasteiger partial charge on any atom is -0.496 e. The number of ether oxygens (including phenoxy) is 5. The van der Waals surface area contributed by atoms with E-state index in [0.29, 0.717) is 31.4 Å². The number of rotatable bonds is 5. The van der Waals surface area contributed by atoms with Crippen molar-refractivity contribution in [2.24, 2.45) is 15.9 Å². The van der Waals surface area contributed by atoms with Gasteiger partial charge in [-0.15, -0.1) is 0 Å². The summed E-state index contributed by atoms with van der Waals surface area (Å²) in [5.74, 6) is 3.70. The third-order valence-electron chi connectivity index (χ3n) is 6.68. The molecule has 3 aromatic rings. The van der Waals surface area contributed by atoms with Crippen molar-refractivity contribution < 1.29 is 23.7 Å². The summed E-state index contributed by atoms with van der Waals surface area (Å²) in [5, 5.41) is 2.25. The highest BCUT2D eigenvalue weighted by Crippen LogP contribution is 2.46. The molecule has 3 aromatic carbocycles. The van der Waals surface area contributed by atoms with Crippen LogP contribution in [0.25, 0.3) is 21.9 Å². The molecule has 2 atom stereocenters. The molecule has 0 bridgehead atoms. The monoisotopic (exact) mass is 488 g/mol. The number of hydrogen-bond donors (Lipinski definition) is 0. The molecule has 0 aromatic heterocycles. The van der Waals surface area contributed by atoms with Crippen molar-refractivity contribution >= 4 is 22.6 Å². The SMILES string of the molecule is COC1=N[C@H](C(C)C)C(OC)=N[C@H]1Cc1ccc(-c2cc3ccccc3cc2OC)c2c1OCCO2. The van der Waals surface area contributed by atoms with Crippen molar-refractivity contribution in [3.8, 4) is 28.4 Å². The van der Waals surface area contributed by atoms with Crippen molar-refractivity contribution in [1.29, 1.82) is 0 Å². The highest BCUT2D eigenvalue weighted by atomic mass is 16.6. The fourth-order valence-electron chi connectivity index (χ4n) is 4.87. The Bertz CT molecular complexity index is 1330. The van der Waals surface area contributed by atoms with E-state index in [1.807, 2.05) is 12.1 Å². The quantitative estimate of drug-likeness (QED) is 0.486. The maximum atomic E-state index is 6.19. The van der Waals surface area contributed by atoms with E-state index in [-0.39, 0.29) is 18.0 Å². The molecule has 0 fully saturated rings. The Morgan fingerprint density at radius 1 is 0.806 bits per heavy atom. The van der Waals surface area contributed by atoms with E-state index in [4.69, 9.17) is 33.7 Å². The van der Waals surface area contributed by atoms with Crippen molar-refractivity contribution in [3.63, 3.8) is 0 Å². The average Bonchev–Trinajstić information content (AvgIpc) is 2.92. The van der Waals surface area contributed by atoms with E-state index >= 15 is 0 Å². The Balaban J connectivity index is 1.56. The highest BCUT2D eigenvalue weighted by Gasteiger charge is 2.32. The molecule has 0 saturated carbocycles. The lowest BCUT2D eigenvalue weighted by Gasteiger charge is -2.28. The molecule has 188 valence electrons. The van der Waals surface area contributed by atoms with E-state index < -0.39 is 0 Å². The van der Waals surface area contributed by atoms with Gasteiger partial charge in [0, 0.05) is 23.1 Å². The number of aliphatic imine (C=N–C) groups is 2. The summed E-state index contributed by atoms with van der Waals surface area (Å²) in [6.07, 6.45) is 0.547. The van der Waals surface area contributed by atoms with Gasteiger partial charge in [-0.1, -0.05) is 44.2 Å². The van der Waals surface area contributed by atoms with Crippen LogP contribution in [-0.2, 0) is 15.9 Å². The molecular weight excluding hydrogens is 456 g/mol. The first-order valence-electron chi connectivity index (χ1n) is 12.3. The molecule has 0 amide bonds. The minimum absolute atomic E-state index is 0.155. The topological polar surface area (TPSA) is 70.9 Å². The average molecular weight is 489 g/mol. The van der Waals surface area contributed by atoms with Crippen LogP contribution in [0.1, 0.15) is 19.4 Å². The number of fused-ring (bicyclic) bond motifs is 2. The number of hydrogen-bond acceptors (Lipinski definition) is 7. The summed E-state index contributed by atoms with van der Waals surface area (Å²) < 4.78 is 29.4. The van der Waals surface area contributed by atoms with Gasteiger partial charge in [-0.2, -0.15) is 0 Å². The van der Waals surface area contributed by atoms with Gasteiger partial charge in [0.15, 0.2) is 11.5 Å². The molecule has 7 nitrogen and oxygen atoms in total. The van der Waals surface area contributed by atoms with Gasteiger partial charge in [-0.25, -0.2) is 9.98 Å². The maximum absolute atomic E-state index is 6.19. The first-order valence-corrected chi connectivity index (χ1v) is 12.3. The molecular formula is C29H32N2O5. The Hall–Kier alpha value is -3.74. The molecule has 0 radical (unpaired) electrons. The summed E-state index contributed by atoms with van der Waals surface area (Å²) >= 11 is 0. The minimum atomic E-state index is -0.310. The largest absolute Gasteiger partial charge is 0.496 e. The van der Waals surface area contributed by atoms with Gasteiger partial charge in [0.2, 0.25) is 11.8 Å². The Morgan fingerprint density at radius 3 is 2.17 bits per heavy atom. The fourth-order valence-corrected chi connectivity index (χ4v) is 4.87. The number of nitrogens with zero attached hydrogens (tertiary/aromatic N) is 2. The summed E-state index contributed by atoms with van der Waals surface area (Å²) in [6, 6.07) is 16.1. The second-order valence-electron chi connectivity index (χ2n) is 9.28. The predicted octanol–water partition coefficient (Wildman–Crippen LogP) is 5.33. The van der Waals surface area contributed by atoms with E-state index in [0.717, 1.165) is 44.7 Å². The van der Waals surface area contributed by atoms with Gasteiger partial charge in [0.1, 0.15) is 31.0 Å². The van der Waals surface area contributed by atoms with E-state index in [1.54, 1.807) is 21.3 Å². The molecule has 0 unspecified atom stereocenters. The summed E-state index contributed by atoms with van der Waals surface area (Å²) in [4.78, 5) is 9.67. The Kier molecular flexibility index (Phi) is 6.72. The Labute approximate surface area is 211 Å². The first kappa shape index (κ1) is 24.0. The van der Waals surface area contributed by atoms with Gasteiger partial charge in [-0.3, -0.25) is 0 Å². The van der Waals surface area contributed by atoms with Crippen LogP contribution < -0.4 is 14.2 Å². The van der Waals surface area contributed by atoms with Gasteiger partial charge in [0.05, 0.1) is 21.3 Å². The van der Waals surface area contributed by atoms with Crippen molar-refractivity contribution in [2.45, 2.75) is 32.4 Å². The van der Waals surface area contributed by atoms with E-state index in [2.05, 4.69) is 50.2 Å². The van der Waals surface area contributed by atoms with E-state index in [1.165, 1.54) is 0 Å². The van der Waals surface area contributed by atoms with Crippen LogP contribution in [0, 0.1) is 5.92 Å². The lowest BCUT2D eigenvalue weighted by molar-refractivity contribution is 0.170. The highest BCUT2D eigenvalue weighted by molar-refractivity contribution is 5.95. The summed E-state index contributed by atoms with van der Waals surface area (Å²) in [7, 11) is 4.97. The van der Waals surface area contributed by atoms with Crippen LogP contribution in [0.15, 0.2) is 58.5 Å². The van der Waals surface area contributed by atoms with Crippen LogP contribution in [0.2, 0.25) is 0 Å². The van der Waals surface area contributed by atoms with Gasteiger partial charge in [-0.05, 0) is 34.9 Å². The molecule has 0 saturated heterocycles. The Morgan fingerprint density at radius 2 is 1.50 bits per heavy atom. The zero-order chi connectivity index (χ0) is 25.2. The molecule has 2 heterocycles. The zero-order valence-electron chi connectivity index (χ0n) is 21.4. The number of benzene rings is 3. The van der Waals surface area contributed by atoms with Crippen LogP contribution in [-0.4, -0.2) is 58.4 Å². The van der Waals surface area contributed by atoms with Crippen LogP contribution >= 0.6 is 0 Å². The third-order valence-corrected chi connectivity index (χ3v) is 6.68. The second kappa shape index (κ2) is 10.1. The molecule has 2 aliphatic rings. The van der Waals surface area contributed by atoms with Crippen molar-refractivity contribution in [2.75, 3.05) is 34.5 Å². The third kappa shape index (κ3) is 4.34. The van der Waals surface area contributed by atoms with Gasteiger partial charge >= 0.3 is 0 Å². The first-order chi connectivity index (χ1) is 17.5. The molecule has 0 N–H and O–H groups in total. The van der Waals surface area contributed by atoms with Crippen LogP contribution in [0.5, 0.6) is 17.2 Å². The van der Waals surface area contributed by atoms with Gasteiger partial charge in [0.25, 0.3) is 0 Å². The number of methoxy groups -OCH3 is 3. The predicted molar refractivity (Wildman–Crippen MR) is 142 cm³/mol. The molecule has 2 aliphatic heterocycles. The molecule has 0 spiro atoms. The van der Waals surface area contributed by atoms with Crippen molar-refractivity contribution in [1.82, 2.24) is 0 Å². The fraction of sp³-hybridized carbons (Fsp3) is 0.379.